The van der Waals surface area contributed by atoms with Gasteiger partial charge in [0.15, 0.2) is 0 Å². The van der Waals surface area contributed by atoms with Crippen LogP contribution in [0, 0.1) is 0 Å². The van der Waals surface area contributed by atoms with Crippen LogP contribution in [0.1, 0.15) is 50.3 Å². The SMILES string of the molecule is O=C(CN1CCC(NC(=O)N2CCCC(c3ncc[nH]3)C2)CC1)NC1CC1. The molecule has 0 radical (unpaired) electrons. The topological polar surface area (TPSA) is 93.4 Å². The number of piperidine rings is 2. The lowest BCUT2D eigenvalue weighted by Gasteiger charge is -2.36. The Balaban J connectivity index is 1.19. The van der Waals surface area contributed by atoms with Crippen LogP contribution in [-0.4, -0.2) is 76.5 Å². The zero-order chi connectivity index (χ0) is 18.6. The number of nitrogens with one attached hydrogen (secondary N) is 3. The summed E-state index contributed by atoms with van der Waals surface area (Å²) < 4.78 is 0. The number of amides is 3. The lowest BCUT2D eigenvalue weighted by Crippen LogP contribution is -2.52. The molecule has 148 valence electrons. The zero-order valence-corrected chi connectivity index (χ0v) is 15.8. The van der Waals surface area contributed by atoms with E-state index in [9.17, 15) is 9.59 Å². The molecular formula is C19H30N6O2. The van der Waals surface area contributed by atoms with Gasteiger partial charge in [0.05, 0.1) is 6.54 Å². The molecule has 0 bridgehead atoms. The molecule has 0 spiro atoms. The van der Waals surface area contributed by atoms with Crippen LogP contribution in [0.5, 0.6) is 0 Å². The van der Waals surface area contributed by atoms with Crippen LogP contribution in [0.4, 0.5) is 4.79 Å². The fraction of sp³-hybridized carbons (Fsp3) is 0.737. The molecule has 1 unspecified atom stereocenters. The van der Waals surface area contributed by atoms with Crippen LogP contribution >= 0.6 is 0 Å². The second-order valence-corrected chi connectivity index (χ2v) is 8.10. The summed E-state index contributed by atoms with van der Waals surface area (Å²) in [6, 6.07) is 0.657. The van der Waals surface area contributed by atoms with Gasteiger partial charge in [-0.15, -0.1) is 0 Å². The Morgan fingerprint density at radius 3 is 2.56 bits per heavy atom. The summed E-state index contributed by atoms with van der Waals surface area (Å²) in [5, 5.41) is 6.24. The number of likely N-dealkylation sites (tertiary alicyclic amines) is 2. The molecular weight excluding hydrogens is 344 g/mol. The quantitative estimate of drug-likeness (QED) is 0.718. The minimum absolute atomic E-state index is 0.0381. The molecule has 4 rings (SSSR count). The maximum atomic E-state index is 12.7. The molecule has 1 atom stereocenters. The molecule has 2 aliphatic heterocycles. The first-order valence-electron chi connectivity index (χ1n) is 10.2. The van der Waals surface area contributed by atoms with Gasteiger partial charge < -0.3 is 20.5 Å². The highest BCUT2D eigenvalue weighted by atomic mass is 16.2. The normalized spacial score (nSPS) is 24.6. The van der Waals surface area contributed by atoms with Crippen LogP contribution in [0.2, 0.25) is 0 Å². The van der Waals surface area contributed by atoms with E-state index in [1.807, 2.05) is 11.1 Å². The summed E-state index contributed by atoms with van der Waals surface area (Å²) in [5.74, 6) is 1.41. The fourth-order valence-corrected chi connectivity index (χ4v) is 4.09. The first-order valence-corrected chi connectivity index (χ1v) is 10.2. The number of H-pyrrole nitrogens is 1. The van der Waals surface area contributed by atoms with Gasteiger partial charge in [-0.25, -0.2) is 9.78 Å². The Hall–Kier alpha value is -2.09. The van der Waals surface area contributed by atoms with Crippen molar-refractivity contribution in [3.05, 3.63) is 18.2 Å². The molecule has 3 amide bonds. The summed E-state index contributed by atoms with van der Waals surface area (Å²) in [5.41, 5.74) is 0. The second-order valence-electron chi connectivity index (χ2n) is 8.10. The van der Waals surface area contributed by atoms with Gasteiger partial charge in [-0.3, -0.25) is 9.69 Å². The van der Waals surface area contributed by atoms with Crippen molar-refractivity contribution in [3.63, 3.8) is 0 Å². The van der Waals surface area contributed by atoms with Crippen molar-refractivity contribution in [1.29, 1.82) is 0 Å². The van der Waals surface area contributed by atoms with Crippen LogP contribution in [0.25, 0.3) is 0 Å². The highest BCUT2D eigenvalue weighted by Crippen LogP contribution is 2.24. The van der Waals surface area contributed by atoms with Crippen LogP contribution in [0.3, 0.4) is 0 Å². The highest BCUT2D eigenvalue weighted by Gasteiger charge is 2.29. The lowest BCUT2D eigenvalue weighted by molar-refractivity contribution is -0.122. The van der Waals surface area contributed by atoms with Gasteiger partial charge in [0, 0.05) is 56.6 Å². The minimum Gasteiger partial charge on any atom is -0.352 e. The average molecular weight is 374 g/mol. The molecule has 3 N–H and O–H groups in total. The second kappa shape index (κ2) is 8.29. The van der Waals surface area contributed by atoms with Crippen molar-refractivity contribution in [2.24, 2.45) is 0 Å². The monoisotopic (exact) mass is 374 g/mol. The van der Waals surface area contributed by atoms with Crippen molar-refractivity contribution >= 4 is 11.9 Å². The van der Waals surface area contributed by atoms with Gasteiger partial charge >= 0.3 is 6.03 Å². The Morgan fingerprint density at radius 2 is 1.85 bits per heavy atom. The predicted molar refractivity (Wildman–Crippen MR) is 101 cm³/mol. The standard InChI is InChI=1S/C19H30N6O2/c26-17(22-15-3-4-15)13-24-10-5-16(6-11-24)23-19(27)25-9-1-2-14(12-25)18-20-7-8-21-18/h7-8,14-16H,1-6,9-13H2,(H,20,21)(H,22,26)(H,23,27). The smallest absolute Gasteiger partial charge is 0.317 e. The third-order valence-electron chi connectivity index (χ3n) is 5.84. The Bertz CT molecular complexity index is 637. The maximum Gasteiger partial charge on any atom is 0.317 e. The van der Waals surface area contributed by atoms with Gasteiger partial charge in [-0.2, -0.15) is 0 Å². The summed E-state index contributed by atoms with van der Waals surface area (Å²) in [6.45, 7) is 3.73. The Kier molecular flexibility index (Phi) is 5.61. The van der Waals surface area contributed by atoms with E-state index in [-0.39, 0.29) is 18.0 Å². The molecule has 1 aliphatic carbocycles. The van der Waals surface area contributed by atoms with E-state index in [2.05, 4.69) is 25.5 Å². The molecule has 8 heteroatoms. The molecule has 0 aromatic carbocycles. The molecule has 1 saturated carbocycles. The molecule has 1 aromatic heterocycles. The zero-order valence-electron chi connectivity index (χ0n) is 15.8. The first-order chi connectivity index (χ1) is 13.2. The van der Waals surface area contributed by atoms with Gasteiger partial charge in [0.25, 0.3) is 0 Å². The van der Waals surface area contributed by atoms with E-state index in [1.54, 1.807) is 6.20 Å². The number of hydrogen-bond donors (Lipinski definition) is 3. The third-order valence-corrected chi connectivity index (χ3v) is 5.84. The highest BCUT2D eigenvalue weighted by molar-refractivity contribution is 5.78. The fourth-order valence-electron chi connectivity index (χ4n) is 4.09. The van der Waals surface area contributed by atoms with E-state index in [4.69, 9.17) is 0 Å². The van der Waals surface area contributed by atoms with Gasteiger partial charge in [0.2, 0.25) is 5.91 Å². The Labute approximate surface area is 160 Å². The van der Waals surface area contributed by atoms with E-state index in [0.717, 1.165) is 70.5 Å². The average Bonchev–Trinajstić information content (AvgIpc) is 3.31. The van der Waals surface area contributed by atoms with E-state index >= 15 is 0 Å². The number of rotatable bonds is 5. The van der Waals surface area contributed by atoms with Crippen molar-refractivity contribution in [3.8, 4) is 0 Å². The van der Waals surface area contributed by atoms with Crippen molar-refractivity contribution < 1.29 is 9.59 Å². The number of carbonyl (C=O) groups excluding carboxylic acids is 2. The van der Waals surface area contributed by atoms with Crippen molar-refractivity contribution in [2.45, 2.75) is 56.5 Å². The minimum atomic E-state index is 0.0381. The first kappa shape index (κ1) is 18.3. The van der Waals surface area contributed by atoms with Crippen molar-refractivity contribution in [2.75, 3.05) is 32.7 Å². The molecule has 2 saturated heterocycles. The molecule has 1 aromatic rings. The number of urea groups is 1. The molecule has 27 heavy (non-hydrogen) atoms. The molecule has 3 aliphatic rings. The number of aromatic amines is 1. The van der Waals surface area contributed by atoms with Crippen LogP contribution in [0.15, 0.2) is 12.4 Å². The van der Waals surface area contributed by atoms with Gasteiger partial charge in [0.1, 0.15) is 5.82 Å². The summed E-state index contributed by atoms with van der Waals surface area (Å²) in [7, 11) is 0. The lowest BCUT2D eigenvalue weighted by atomic mass is 9.97. The van der Waals surface area contributed by atoms with Gasteiger partial charge in [-0.1, -0.05) is 0 Å². The van der Waals surface area contributed by atoms with E-state index in [1.165, 1.54) is 0 Å². The largest absolute Gasteiger partial charge is 0.352 e. The molecule has 3 heterocycles. The number of aromatic nitrogens is 2. The third kappa shape index (κ3) is 5.00. The number of hydrogen-bond acceptors (Lipinski definition) is 4. The summed E-state index contributed by atoms with van der Waals surface area (Å²) in [6.07, 6.45) is 9.73. The van der Waals surface area contributed by atoms with Gasteiger partial charge in [-0.05, 0) is 38.5 Å². The maximum absolute atomic E-state index is 12.7. The molecule has 3 fully saturated rings. The Morgan fingerprint density at radius 1 is 1.07 bits per heavy atom. The number of imidazole rings is 1. The molecule has 8 nitrogen and oxygen atoms in total. The number of carbonyl (C=O) groups is 2. The van der Waals surface area contributed by atoms with Crippen molar-refractivity contribution in [1.82, 2.24) is 30.4 Å². The van der Waals surface area contributed by atoms with E-state index in [0.29, 0.717) is 18.5 Å². The number of nitrogens with zero attached hydrogens (tertiary/aromatic N) is 3. The van der Waals surface area contributed by atoms with Crippen LogP contribution in [-0.2, 0) is 4.79 Å². The summed E-state index contributed by atoms with van der Waals surface area (Å²) in [4.78, 5) is 36.2. The predicted octanol–water partition coefficient (Wildman–Crippen LogP) is 1.04. The van der Waals surface area contributed by atoms with Crippen LogP contribution < -0.4 is 10.6 Å². The summed E-state index contributed by atoms with van der Waals surface area (Å²) >= 11 is 0. The van der Waals surface area contributed by atoms with E-state index < -0.39 is 0 Å².